The van der Waals surface area contributed by atoms with Crippen molar-refractivity contribution in [3.63, 3.8) is 0 Å². The lowest BCUT2D eigenvalue weighted by Gasteiger charge is -2.34. The smallest absolute Gasteiger partial charge is 0.264 e. The van der Waals surface area contributed by atoms with Gasteiger partial charge >= 0.3 is 0 Å². The quantitative estimate of drug-likeness (QED) is 0.212. The maximum absolute atomic E-state index is 14.4. The number of anilines is 1. The van der Waals surface area contributed by atoms with E-state index in [1.54, 1.807) is 24.3 Å². The van der Waals surface area contributed by atoms with Crippen LogP contribution in [0.5, 0.6) is 11.5 Å². The number of hydrogen-bond acceptors (Lipinski definition) is 6. The Balaban J connectivity index is 1.81. The van der Waals surface area contributed by atoms with Gasteiger partial charge < -0.3 is 19.7 Å². The molecule has 1 N–H and O–H groups in total. The predicted molar refractivity (Wildman–Crippen MR) is 173 cm³/mol. The number of methoxy groups -OCH3 is 2. The lowest BCUT2D eigenvalue weighted by molar-refractivity contribution is -0.139. The maximum Gasteiger partial charge on any atom is 0.264 e. The van der Waals surface area contributed by atoms with Crippen LogP contribution < -0.4 is 19.1 Å². The number of carbonyl (C=O) groups excluding carboxylic acids is 2. The van der Waals surface area contributed by atoms with E-state index in [2.05, 4.69) is 21.2 Å². The largest absolute Gasteiger partial charge is 0.497 e. The first kappa shape index (κ1) is 32.6. The van der Waals surface area contributed by atoms with Crippen LogP contribution in [-0.4, -0.2) is 59.0 Å². The fraction of sp³-hybridized carbons (Fsp3) is 0.212. The highest BCUT2D eigenvalue weighted by Crippen LogP contribution is 2.33. The predicted octanol–water partition coefficient (Wildman–Crippen LogP) is 5.05. The van der Waals surface area contributed by atoms with Gasteiger partial charge in [0.1, 0.15) is 24.1 Å². The van der Waals surface area contributed by atoms with Crippen molar-refractivity contribution >= 4 is 43.5 Å². The summed E-state index contributed by atoms with van der Waals surface area (Å²) in [4.78, 5) is 29.2. The molecule has 0 bridgehead atoms. The van der Waals surface area contributed by atoms with Crippen molar-refractivity contribution in [1.29, 1.82) is 0 Å². The molecule has 230 valence electrons. The maximum atomic E-state index is 14.4. The Morgan fingerprint density at radius 1 is 0.841 bits per heavy atom. The fourth-order valence-electron chi connectivity index (χ4n) is 4.78. The van der Waals surface area contributed by atoms with Crippen molar-refractivity contribution in [2.45, 2.75) is 23.9 Å². The lowest BCUT2D eigenvalue weighted by Crippen LogP contribution is -2.53. The van der Waals surface area contributed by atoms with E-state index in [9.17, 15) is 18.0 Å². The Hall–Kier alpha value is -4.35. The zero-order valence-electron chi connectivity index (χ0n) is 24.6. The molecule has 0 heterocycles. The number of likely N-dealkylation sites (N-methyl/N-ethyl adjacent to an activating group) is 1. The van der Waals surface area contributed by atoms with Gasteiger partial charge in [0.2, 0.25) is 11.8 Å². The summed E-state index contributed by atoms with van der Waals surface area (Å²) in [6.07, 6.45) is 0.222. The zero-order chi connectivity index (χ0) is 31.7. The molecule has 0 aliphatic rings. The minimum absolute atomic E-state index is 0.0392. The van der Waals surface area contributed by atoms with E-state index >= 15 is 0 Å². The molecule has 0 unspecified atom stereocenters. The third-order valence-corrected chi connectivity index (χ3v) is 9.31. The summed E-state index contributed by atoms with van der Waals surface area (Å²) in [5.41, 5.74) is 1.79. The molecule has 0 aliphatic heterocycles. The highest BCUT2D eigenvalue weighted by atomic mass is 79.9. The van der Waals surface area contributed by atoms with Gasteiger partial charge in [-0.05, 0) is 59.7 Å². The second kappa shape index (κ2) is 14.9. The number of nitrogens with one attached hydrogen (secondary N) is 1. The Bertz CT molecular complexity index is 1680. The number of benzene rings is 4. The molecule has 0 aromatic heterocycles. The number of rotatable bonds is 13. The van der Waals surface area contributed by atoms with Crippen LogP contribution >= 0.6 is 15.9 Å². The summed E-state index contributed by atoms with van der Waals surface area (Å²) in [6, 6.07) is 28.3. The van der Waals surface area contributed by atoms with Gasteiger partial charge in [-0.15, -0.1) is 0 Å². The normalized spacial score (nSPS) is 11.7. The Kier molecular flexibility index (Phi) is 11.0. The number of amides is 2. The van der Waals surface area contributed by atoms with Gasteiger partial charge in [-0.2, -0.15) is 0 Å². The molecule has 1 atom stereocenters. The average molecular weight is 681 g/mol. The van der Waals surface area contributed by atoms with Crippen LogP contribution in [0, 0.1) is 0 Å². The average Bonchev–Trinajstić information content (AvgIpc) is 3.05. The van der Waals surface area contributed by atoms with Crippen molar-refractivity contribution in [1.82, 2.24) is 10.2 Å². The molecule has 0 fully saturated rings. The summed E-state index contributed by atoms with van der Waals surface area (Å²) in [5, 5.41) is 2.68. The van der Waals surface area contributed by atoms with Crippen molar-refractivity contribution in [2.24, 2.45) is 0 Å². The van der Waals surface area contributed by atoms with Crippen LogP contribution in [0.4, 0.5) is 5.69 Å². The molecule has 4 rings (SSSR count). The number of nitrogens with zero attached hydrogens (tertiary/aromatic N) is 2. The molecule has 0 saturated heterocycles. The van der Waals surface area contributed by atoms with Crippen LogP contribution in [0.1, 0.15) is 11.1 Å². The summed E-state index contributed by atoms with van der Waals surface area (Å²) in [6.45, 7) is -0.531. The second-order valence-corrected chi connectivity index (χ2v) is 12.6. The van der Waals surface area contributed by atoms with Gasteiger partial charge in [-0.3, -0.25) is 13.9 Å². The van der Waals surface area contributed by atoms with Crippen molar-refractivity contribution in [2.75, 3.05) is 32.1 Å². The standard InChI is InChI=1S/C33H34BrN3O6S/c1-35-33(39)30(21-24-10-5-4-6-11-24)36(22-25-12-9-13-26(34)20-25)32(38)23-37(29-14-7-8-15-31(29)43-3)44(40,41)28-18-16-27(42-2)17-19-28/h4-20,30H,21-23H2,1-3H3,(H,35,39)/t30-/m1/s1. The van der Waals surface area contributed by atoms with E-state index in [1.807, 2.05) is 54.6 Å². The summed E-state index contributed by atoms with van der Waals surface area (Å²) >= 11 is 3.48. The van der Waals surface area contributed by atoms with Gasteiger partial charge in [0.15, 0.2) is 0 Å². The minimum atomic E-state index is -4.29. The molecule has 9 nitrogen and oxygen atoms in total. The Morgan fingerprint density at radius 3 is 2.14 bits per heavy atom. The van der Waals surface area contributed by atoms with E-state index < -0.39 is 28.5 Å². The Morgan fingerprint density at radius 2 is 1.50 bits per heavy atom. The number of para-hydroxylation sites is 2. The first-order valence-corrected chi connectivity index (χ1v) is 16.0. The van der Waals surface area contributed by atoms with Crippen LogP contribution in [-0.2, 0) is 32.6 Å². The molecular weight excluding hydrogens is 646 g/mol. The minimum Gasteiger partial charge on any atom is -0.497 e. The van der Waals surface area contributed by atoms with E-state index in [0.29, 0.717) is 5.75 Å². The molecule has 0 spiro atoms. The van der Waals surface area contributed by atoms with Gasteiger partial charge in [0.25, 0.3) is 10.0 Å². The van der Waals surface area contributed by atoms with E-state index in [-0.39, 0.29) is 35.2 Å². The lowest BCUT2D eigenvalue weighted by atomic mass is 10.0. The molecule has 44 heavy (non-hydrogen) atoms. The van der Waals surface area contributed by atoms with Gasteiger partial charge in [-0.25, -0.2) is 8.42 Å². The molecule has 4 aromatic carbocycles. The number of halogens is 1. The highest BCUT2D eigenvalue weighted by Gasteiger charge is 2.35. The highest BCUT2D eigenvalue weighted by molar-refractivity contribution is 9.10. The third kappa shape index (κ3) is 7.78. The molecular formula is C33H34BrN3O6S. The Labute approximate surface area is 266 Å². The molecule has 2 amide bonds. The van der Waals surface area contributed by atoms with E-state index in [1.165, 1.54) is 50.4 Å². The van der Waals surface area contributed by atoms with Gasteiger partial charge in [-0.1, -0.05) is 70.5 Å². The van der Waals surface area contributed by atoms with Gasteiger partial charge in [0.05, 0.1) is 24.8 Å². The van der Waals surface area contributed by atoms with Crippen molar-refractivity contribution < 1.29 is 27.5 Å². The second-order valence-electron chi connectivity index (χ2n) is 9.83. The molecule has 0 saturated carbocycles. The van der Waals surface area contributed by atoms with Crippen LogP contribution in [0.2, 0.25) is 0 Å². The molecule has 11 heteroatoms. The van der Waals surface area contributed by atoms with Crippen molar-refractivity contribution in [3.8, 4) is 11.5 Å². The first-order valence-electron chi connectivity index (χ1n) is 13.8. The zero-order valence-corrected chi connectivity index (χ0v) is 27.0. The topological polar surface area (TPSA) is 105 Å². The third-order valence-electron chi connectivity index (χ3n) is 7.04. The summed E-state index contributed by atoms with van der Waals surface area (Å²) < 4.78 is 40.9. The summed E-state index contributed by atoms with van der Waals surface area (Å²) in [7, 11) is 0.141. The molecule has 0 radical (unpaired) electrons. The number of hydrogen-bond donors (Lipinski definition) is 1. The number of carbonyl (C=O) groups is 2. The molecule has 4 aromatic rings. The number of sulfonamides is 1. The first-order chi connectivity index (χ1) is 21.2. The summed E-state index contributed by atoms with van der Waals surface area (Å²) in [5.74, 6) is -0.196. The van der Waals surface area contributed by atoms with Crippen LogP contribution in [0.25, 0.3) is 0 Å². The van der Waals surface area contributed by atoms with E-state index in [0.717, 1.165) is 19.9 Å². The SMILES string of the molecule is CNC(=O)[C@@H](Cc1ccccc1)N(Cc1cccc(Br)c1)C(=O)CN(c1ccccc1OC)S(=O)(=O)c1ccc(OC)cc1. The number of ether oxygens (including phenoxy) is 2. The van der Waals surface area contributed by atoms with E-state index in [4.69, 9.17) is 9.47 Å². The molecule has 0 aliphatic carbocycles. The monoisotopic (exact) mass is 679 g/mol. The van der Waals surface area contributed by atoms with Crippen molar-refractivity contribution in [3.05, 3.63) is 119 Å². The fourth-order valence-corrected chi connectivity index (χ4v) is 6.65. The van der Waals surface area contributed by atoms with Gasteiger partial charge in [0, 0.05) is 24.5 Å². The van der Waals surface area contributed by atoms with Crippen LogP contribution in [0.15, 0.2) is 112 Å². The van der Waals surface area contributed by atoms with Crippen LogP contribution in [0.3, 0.4) is 0 Å².